The van der Waals surface area contributed by atoms with E-state index in [-0.39, 0.29) is 24.2 Å². The number of nitrogen functional groups attached to an aromatic ring is 1. The van der Waals surface area contributed by atoms with E-state index in [4.69, 9.17) is 5.73 Å². The molecule has 0 amide bonds. The number of benzene rings is 2. The monoisotopic (exact) mass is 261 g/mol. The van der Waals surface area contributed by atoms with Gasteiger partial charge in [0.25, 0.3) is 0 Å². The highest BCUT2D eigenvalue weighted by Crippen LogP contribution is 2.13. The van der Waals surface area contributed by atoms with Crippen LogP contribution in [0.5, 0.6) is 0 Å². The van der Waals surface area contributed by atoms with Gasteiger partial charge in [0.05, 0.1) is 0 Å². The van der Waals surface area contributed by atoms with Crippen molar-refractivity contribution in [3.05, 3.63) is 65.2 Å². The minimum Gasteiger partial charge on any atom is -0.399 e. The Hall–Kier alpha value is -2.23. The van der Waals surface area contributed by atoms with E-state index in [2.05, 4.69) is 0 Å². The molecular weight excluding hydrogens is 248 g/mol. The lowest BCUT2D eigenvalue weighted by Gasteiger charge is -2.04. The molecule has 0 bridgehead atoms. The first-order valence-electron chi connectivity index (χ1n) is 5.84. The Morgan fingerprint density at radius 1 is 1.05 bits per heavy atom. The second kappa shape index (κ2) is 5.61. The van der Waals surface area contributed by atoms with E-state index in [1.807, 2.05) is 0 Å². The van der Waals surface area contributed by atoms with Crippen LogP contribution >= 0.6 is 0 Å². The molecule has 0 radical (unpaired) electrons. The van der Waals surface area contributed by atoms with Gasteiger partial charge in [-0.3, -0.25) is 4.79 Å². The first kappa shape index (κ1) is 13.2. The molecule has 0 saturated heterocycles. The summed E-state index contributed by atoms with van der Waals surface area (Å²) in [5, 5.41) is 0. The fourth-order valence-electron chi connectivity index (χ4n) is 1.88. The Morgan fingerprint density at radius 2 is 1.84 bits per heavy atom. The summed E-state index contributed by atoms with van der Waals surface area (Å²) in [6.07, 6.45) is 0.0272. The van der Waals surface area contributed by atoms with Crippen LogP contribution in [0.3, 0.4) is 0 Å². The van der Waals surface area contributed by atoms with Gasteiger partial charge in [-0.1, -0.05) is 12.1 Å². The Balaban J connectivity index is 2.07. The molecule has 0 aliphatic rings. The van der Waals surface area contributed by atoms with E-state index in [0.29, 0.717) is 5.69 Å². The van der Waals surface area contributed by atoms with Crippen LogP contribution in [0.2, 0.25) is 0 Å². The molecule has 0 aliphatic carbocycles. The summed E-state index contributed by atoms with van der Waals surface area (Å²) in [6.45, 7) is 0. The van der Waals surface area contributed by atoms with Gasteiger partial charge in [-0.2, -0.15) is 0 Å². The third-order valence-corrected chi connectivity index (χ3v) is 2.75. The van der Waals surface area contributed by atoms with Gasteiger partial charge < -0.3 is 5.73 Å². The zero-order chi connectivity index (χ0) is 13.8. The molecule has 4 heteroatoms. The number of anilines is 1. The first-order chi connectivity index (χ1) is 9.04. The van der Waals surface area contributed by atoms with Gasteiger partial charge in [0.2, 0.25) is 0 Å². The number of hydrogen-bond acceptors (Lipinski definition) is 2. The lowest BCUT2D eigenvalue weighted by Crippen LogP contribution is -2.08. The summed E-state index contributed by atoms with van der Waals surface area (Å²) in [5.74, 6) is -1.30. The molecule has 0 spiro atoms. The van der Waals surface area contributed by atoms with Crippen molar-refractivity contribution in [2.75, 3.05) is 5.73 Å². The highest BCUT2D eigenvalue weighted by molar-refractivity contribution is 5.83. The van der Waals surface area contributed by atoms with E-state index < -0.39 is 11.6 Å². The first-order valence-corrected chi connectivity index (χ1v) is 5.84. The Kier molecular flexibility index (Phi) is 3.90. The molecule has 0 unspecified atom stereocenters. The summed E-state index contributed by atoms with van der Waals surface area (Å²) in [5.41, 5.74) is 7.02. The van der Waals surface area contributed by atoms with Crippen molar-refractivity contribution in [3.8, 4) is 0 Å². The molecule has 0 aliphatic heterocycles. The largest absolute Gasteiger partial charge is 0.399 e. The van der Waals surface area contributed by atoms with Crippen LogP contribution in [0.4, 0.5) is 14.5 Å². The standard InChI is InChI=1S/C15H13F2NO/c16-12-4-5-15(17)11(8-12)9-14(19)7-10-2-1-3-13(18)6-10/h1-6,8H,7,9,18H2. The summed E-state index contributed by atoms with van der Waals surface area (Å²) in [4.78, 5) is 11.8. The molecule has 0 atom stereocenters. The Morgan fingerprint density at radius 3 is 2.58 bits per heavy atom. The molecule has 0 heterocycles. The van der Waals surface area contributed by atoms with E-state index in [9.17, 15) is 13.6 Å². The van der Waals surface area contributed by atoms with Crippen molar-refractivity contribution in [1.29, 1.82) is 0 Å². The highest BCUT2D eigenvalue weighted by Gasteiger charge is 2.10. The molecule has 2 rings (SSSR count). The molecule has 0 saturated carbocycles. The third kappa shape index (κ3) is 3.61. The highest BCUT2D eigenvalue weighted by atomic mass is 19.1. The van der Waals surface area contributed by atoms with Crippen molar-refractivity contribution in [2.45, 2.75) is 12.8 Å². The van der Waals surface area contributed by atoms with Crippen molar-refractivity contribution >= 4 is 11.5 Å². The number of nitrogens with two attached hydrogens (primary N) is 1. The second-order valence-electron chi connectivity index (χ2n) is 4.37. The zero-order valence-corrected chi connectivity index (χ0v) is 10.2. The summed E-state index contributed by atoms with van der Waals surface area (Å²) in [7, 11) is 0. The van der Waals surface area contributed by atoms with Gasteiger partial charge >= 0.3 is 0 Å². The van der Waals surface area contributed by atoms with Crippen LogP contribution in [0, 0.1) is 11.6 Å². The number of Topliss-reactive ketones (excluding diaryl/α,β-unsaturated/α-hetero) is 1. The SMILES string of the molecule is Nc1cccc(CC(=O)Cc2cc(F)ccc2F)c1. The summed E-state index contributed by atoms with van der Waals surface area (Å²) < 4.78 is 26.4. The van der Waals surface area contributed by atoms with Gasteiger partial charge in [-0.25, -0.2) is 8.78 Å². The topological polar surface area (TPSA) is 43.1 Å². The van der Waals surface area contributed by atoms with Crippen LogP contribution in [0.25, 0.3) is 0 Å². The number of hydrogen-bond donors (Lipinski definition) is 1. The quantitative estimate of drug-likeness (QED) is 0.860. The van der Waals surface area contributed by atoms with Crippen LogP contribution in [0.15, 0.2) is 42.5 Å². The van der Waals surface area contributed by atoms with Crippen molar-refractivity contribution in [2.24, 2.45) is 0 Å². The number of carbonyl (C=O) groups excluding carboxylic acids is 1. The van der Waals surface area contributed by atoms with E-state index in [1.165, 1.54) is 0 Å². The van der Waals surface area contributed by atoms with E-state index >= 15 is 0 Å². The molecule has 2 nitrogen and oxygen atoms in total. The van der Waals surface area contributed by atoms with Crippen molar-refractivity contribution in [3.63, 3.8) is 0 Å². The number of carbonyl (C=O) groups is 1. The zero-order valence-electron chi connectivity index (χ0n) is 10.2. The lowest BCUT2D eigenvalue weighted by molar-refractivity contribution is -0.117. The fraction of sp³-hybridized carbons (Fsp3) is 0.133. The third-order valence-electron chi connectivity index (χ3n) is 2.75. The van der Waals surface area contributed by atoms with Gasteiger partial charge in [-0.05, 0) is 41.5 Å². The maximum absolute atomic E-state index is 13.4. The van der Waals surface area contributed by atoms with E-state index in [1.54, 1.807) is 24.3 Å². The number of ketones is 1. The minimum absolute atomic E-state index is 0.0777. The van der Waals surface area contributed by atoms with Gasteiger partial charge in [-0.15, -0.1) is 0 Å². The molecular formula is C15H13F2NO. The van der Waals surface area contributed by atoms with Crippen LogP contribution < -0.4 is 5.73 Å². The molecule has 2 aromatic carbocycles. The van der Waals surface area contributed by atoms with Crippen molar-refractivity contribution in [1.82, 2.24) is 0 Å². The van der Waals surface area contributed by atoms with Crippen molar-refractivity contribution < 1.29 is 13.6 Å². The number of halogens is 2. The minimum atomic E-state index is -0.567. The van der Waals surface area contributed by atoms with E-state index in [0.717, 1.165) is 23.8 Å². The maximum Gasteiger partial charge on any atom is 0.141 e. The van der Waals surface area contributed by atoms with Crippen LogP contribution in [0.1, 0.15) is 11.1 Å². The summed E-state index contributed by atoms with van der Waals surface area (Å²) >= 11 is 0. The summed E-state index contributed by atoms with van der Waals surface area (Å²) in [6, 6.07) is 10.0. The maximum atomic E-state index is 13.4. The van der Waals surface area contributed by atoms with Crippen LogP contribution in [-0.2, 0) is 17.6 Å². The predicted octanol–water partition coefficient (Wildman–Crippen LogP) is 2.90. The Bertz CT molecular complexity index is 611. The normalized spacial score (nSPS) is 10.4. The Labute approximate surface area is 109 Å². The average Bonchev–Trinajstić information content (AvgIpc) is 2.34. The number of rotatable bonds is 4. The molecule has 98 valence electrons. The smallest absolute Gasteiger partial charge is 0.141 e. The van der Waals surface area contributed by atoms with Crippen LogP contribution in [-0.4, -0.2) is 5.78 Å². The second-order valence-corrected chi connectivity index (χ2v) is 4.37. The predicted molar refractivity (Wildman–Crippen MR) is 69.6 cm³/mol. The van der Waals surface area contributed by atoms with Gasteiger partial charge in [0, 0.05) is 18.5 Å². The molecule has 0 aromatic heterocycles. The molecule has 19 heavy (non-hydrogen) atoms. The molecule has 2 N–H and O–H groups in total. The lowest BCUT2D eigenvalue weighted by atomic mass is 10.0. The molecule has 0 fully saturated rings. The van der Waals surface area contributed by atoms with Gasteiger partial charge in [0.1, 0.15) is 17.4 Å². The average molecular weight is 261 g/mol. The fourth-order valence-corrected chi connectivity index (χ4v) is 1.88. The van der Waals surface area contributed by atoms with Gasteiger partial charge in [0.15, 0.2) is 0 Å². The molecule has 2 aromatic rings.